The molecule has 96 valence electrons. The molecule has 0 aliphatic rings. The Balaban J connectivity index is 3.02. The van der Waals surface area contributed by atoms with Crippen molar-refractivity contribution in [1.82, 2.24) is 0 Å². The number of Topliss-reactive ketones (excluding diaryl/α,β-unsaturated/α-hetero) is 1. The van der Waals surface area contributed by atoms with Crippen LogP contribution in [0.4, 0.5) is 4.39 Å². The highest BCUT2D eigenvalue weighted by atomic mass is 19.1. The highest BCUT2D eigenvalue weighted by Gasteiger charge is 2.22. The number of carbonyl (C=O) groups is 3. The normalized spacial score (nSPS) is 9.72. The second-order valence-corrected chi connectivity index (χ2v) is 3.24. The number of esters is 2. The summed E-state index contributed by atoms with van der Waals surface area (Å²) in [6.07, 6.45) is 0. The van der Waals surface area contributed by atoms with E-state index < -0.39 is 29.1 Å². The van der Waals surface area contributed by atoms with Crippen molar-refractivity contribution in [3.8, 4) is 0 Å². The Bertz CT molecular complexity index is 495. The van der Waals surface area contributed by atoms with Gasteiger partial charge in [0.25, 0.3) is 5.78 Å². The molecule has 0 amide bonds. The molecular formula is C12H11FO5. The largest absolute Gasteiger partial charge is 0.465 e. The lowest BCUT2D eigenvalue weighted by Crippen LogP contribution is -2.19. The minimum Gasteiger partial charge on any atom is -0.465 e. The van der Waals surface area contributed by atoms with Crippen molar-refractivity contribution in [3.05, 3.63) is 35.1 Å². The maximum absolute atomic E-state index is 13.6. The van der Waals surface area contributed by atoms with Crippen molar-refractivity contribution in [1.29, 1.82) is 0 Å². The van der Waals surface area contributed by atoms with Crippen LogP contribution in [0.15, 0.2) is 18.2 Å². The fraction of sp³-hybridized carbons (Fsp3) is 0.250. The van der Waals surface area contributed by atoms with Crippen LogP contribution in [0.1, 0.15) is 27.6 Å². The third kappa shape index (κ3) is 2.91. The second-order valence-electron chi connectivity index (χ2n) is 3.24. The van der Waals surface area contributed by atoms with Crippen molar-refractivity contribution in [3.63, 3.8) is 0 Å². The quantitative estimate of drug-likeness (QED) is 0.461. The van der Waals surface area contributed by atoms with Crippen LogP contribution in [0.2, 0.25) is 0 Å². The number of hydrogen-bond acceptors (Lipinski definition) is 5. The Morgan fingerprint density at radius 1 is 1.28 bits per heavy atom. The lowest BCUT2D eigenvalue weighted by atomic mass is 10.1. The van der Waals surface area contributed by atoms with Gasteiger partial charge in [-0.15, -0.1) is 0 Å². The van der Waals surface area contributed by atoms with E-state index in [0.717, 1.165) is 19.2 Å². The average molecular weight is 254 g/mol. The van der Waals surface area contributed by atoms with Crippen molar-refractivity contribution >= 4 is 17.7 Å². The predicted octanol–water partition coefficient (Wildman–Crippen LogP) is 1.36. The predicted molar refractivity (Wildman–Crippen MR) is 58.7 cm³/mol. The first-order valence-electron chi connectivity index (χ1n) is 5.10. The third-order valence-corrected chi connectivity index (χ3v) is 2.10. The molecule has 6 heteroatoms. The van der Waals surface area contributed by atoms with Gasteiger partial charge in [0.1, 0.15) is 5.82 Å². The van der Waals surface area contributed by atoms with Gasteiger partial charge < -0.3 is 9.47 Å². The van der Waals surface area contributed by atoms with E-state index in [9.17, 15) is 18.8 Å². The summed E-state index contributed by atoms with van der Waals surface area (Å²) >= 11 is 0. The summed E-state index contributed by atoms with van der Waals surface area (Å²) in [6.45, 7) is 1.55. The lowest BCUT2D eigenvalue weighted by Gasteiger charge is -2.04. The molecule has 0 atom stereocenters. The van der Waals surface area contributed by atoms with Gasteiger partial charge in [0.15, 0.2) is 0 Å². The van der Waals surface area contributed by atoms with Gasteiger partial charge in [0.2, 0.25) is 0 Å². The smallest absolute Gasteiger partial charge is 0.379 e. The minimum absolute atomic E-state index is 0.0203. The first-order chi connectivity index (χ1) is 8.51. The van der Waals surface area contributed by atoms with Gasteiger partial charge in [-0.05, 0) is 25.1 Å². The van der Waals surface area contributed by atoms with Gasteiger partial charge in [0.05, 0.1) is 24.8 Å². The maximum atomic E-state index is 13.6. The summed E-state index contributed by atoms with van der Waals surface area (Å²) in [6, 6.07) is 3.07. The summed E-state index contributed by atoms with van der Waals surface area (Å²) in [7, 11) is 1.15. The summed E-state index contributed by atoms with van der Waals surface area (Å²) in [5.41, 5.74) is -0.489. The maximum Gasteiger partial charge on any atom is 0.379 e. The van der Waals surface area contributed by atoms with Crippen LogP contribution in [-0.2, 0) is 14.3 Å². The SMILES string of the molecule is CCOC(=O)C(=O)c1ccc(C(=O)OC)cc1F. The fourth-order valence-corrected chi connectivity index (χ4v) is 1.25. The Labute approximate surface area is 102 Å². The summed E-state index contributed by atoms with van der Waals surface area (Å²) in [5.74, 6) is -3.94. The number of benzene rings is 1. The third-order valence-electron chi connectivity index (χ3n) is 2.10. The van der Waals surface area contributed by atoms with E-state index in [1.54, 1.807) is 0 Å². The van der Waals surface area contributed by atoms with Crippen LogP contribution in [0, 0.1) is 5.82 Å². The molecule has 0 heterocycles. The van der Waals surface area contributed by atoms with Gasteiger partial charge in [-0.3, -0.25) is 4.79 Å². The zero-order chi connectivity index (χ0) is 13.7. The van der Waals surface area contributed by atoms with Crippen molar-refractivity contribution in [2.75, 3.05) is 13.7 Å². The van der Waals surface area contributed by atoms with E-state index in [1.165, 1.54) is 13.0 Å². The Hall–Kier alpha value is -2.24. The Morgan fingerprint density at radius 2 is 1.94 bits per heavy atom. The van der Waals surface area contributed by atoms with E-state index >= 15 is 0 Å². The average Bonchev–Trinajstić information content (AvgIpc) is 2.37. The lowest BCUT2D eigenvalue weighted by molar-refractivity contribution is -0.137. The van der Waals surface area contributed by atoms with Gasteiger partial charge in [-0.25, -0.2) is 14.0 Å². The Morgan fingerprint density at radius 3 is 2.44 bits per heavy atom. The molecule has 18 heavy (non-hydrogen) atoms. The number of carbonyl (C=O) groups excluding carboxylic acids is 3. The monoisotopic (exact) mass is 254 g/mol. The standard InChI is InChI=1S/C12H11FO5/c1-3-18-12(16)10(14)8-5-4-7(6-9(8)13)11(15)17-2/h4-6H,3H2,1-2H3. The van der Waals surface area contributed by atoms with E-state index in [0.29, 0.717) is 0 Å². The molecule has 1 aromatic rings. The highest BCUT2D eigenvalue weighted by Crippen LogP contribution is 2.12. The number of rotatable bonds is 4. The van der Waals surface area contributed by atoms with Crippen LogP contribution >= 0.6 is 0 Å². The van der Waals surface area contributed by atoms with Gasteiger partial charge in [-0.1, -0.05) is 0 Å². The molecule has 0 unspecified atom stereocenters. The number of methoxy groups -OCH3 is 1. The van der Waals surface area contributed by atoms with Crippen LogP contribution in [0.25, 0.3) is 0 Å². The number of ether oxygens (including phenoxy) is 2. The fourth-order valence-electron chi connectivity index (χ4n) is 1.25. The summed E-state index contributed by atoms with van der Waals surface area (Å²) in [4.78, 5) is 33.7. The van der Waals surface area contributed by atoms with E-state index in [2.05, 4.69) is 9.47 Å². The molecular weight excluding hydrogens is 243 g/mol. The molecule has 0 aliphatic heterocycles. The summed E-state index contributed by atoms with van der Waals surface area (Å²) in [5, 5.41) is 0. The molecule has 1 rings (SSSR count). The first kappa shape index (κ1) is 13.8. The Kier molecular flexibility index (Phi) is 4.53. The first-order valence-corrected chi connectivity index (χ1v) is 5.10. The van der Waals surface area contributed by atoms with Crippen LogP contribution in [0.5, 0.6) is 0 Å². The molecule has 0 fully saturated rings. The zero-order valence-electron chi connectivity index (χ0n) is 9.86. The number of ketones is 1. The minimum atomic E-state index is -1.14. The van der Waals surface area contributed by atoms with E-state index in [4.69, 9.17) is 0 Å². The zero-order valence-corrected chi connectivity index (χ0v) is 9.86. The topological polar surface area (TPSA) is 69.7 Å². The molecule has 0 bridgehead atoms. The van der Waals surface area contributed by atoms with E-state index in [1.807, 2.05) is 0 Å². The van der Waals surface area contributed by atoms with Crippen molar-refractivity contribution in [2.45, 2.75) is 6.92 Å². The molecule has 0 N–H and O–H groups in total. The van der Waals surface area contributed by atoms with Crippen LogP contribution in [0.3, 0.4) is 0 Å². The van der Waals surface area contributed by atoms with E-state index in [-0.39, 0.29) is 12.2 Å². The molecule has 1 aromatic carbocycles. The van der Waals surface area contributed by atoms with Crippen LogP contribution < -0.4 is 0 Å². The van der Waals surface area contributed by atoms with Gasteiger partial charge in [0, 0.05) is 0 Å². The molecule has 0 spiro atoms. The number of halogens is 1. The van der Waals surface area contributed by atoms with Gasteiger partial charge in [-0.2, -0.15) is 0 Å². The van der Waals surface area contributed by atoms with Crippen molar-refractivity contribution in [2.24, 2.45) is 0 Å². The van der Waals surface area contributed by atoms with Gasteiger partial charge >= 0.3 is 11.9 Å². The molecule has 0 aromatic heterocycles. The van der Waals surface area contributed by atoms with Crippen LogP contribution in [-0.4, -0.2) is 31.4 Å². The molecule has 5 nitrogen and oxygen atoms in total. The second kappa shape index (κ2) is 5.90. The molecule has 0 saturated heterocycles. The molecule has 0 saturated carbocycles. The molecule has 0 radical (unpaired) electrons. The highest BCUT2D eigenvalue weighted by molar-refractivity contribution is 6.40. The summed E-state index contributed by atoms with van der Waals surface area (Å²) < 4.78 is 22.4. The number of hydrogen-bond donors (Lipinski definition) is 0. The molecule has 0 aliphatic carbocycles. The van der Waals surface area contributed by atoms with Crippen molar-refractivity contribution < 1.29 is 28.2 Å².